The summed E-state index contributed by atoms with van der Waals surface area (Å²) in [4.78, 5) is 11.1. The van der Waals surface area contributed by atoms with E-state index in [-0.39, 0.29) is 5.75 Å². The van der Waals surface area contributed by atoms with Crippen molar-refractivity contribution >= 4 is 26.9 Å². The largest absolute Gasteiger partial charge is 0.507 e. The van der Waals surface area contributed by atoms with Crippen LogP contribution < -0.4 is 5.63 Å². The minimum Gasteiger partial charge on any atom is -0.507 e. The monoisotopic (exact) mass is 253 g/mol. The molecule has 3 nitrogen and oxygen atoms in total. The Balaban J connectivity index is 2.90. The molecular formula is C10H6BrO3. The van der Waals surface area contributed by atoms with Crippen LogP contribution in [0.1, 0.15) is 5.56 Å². The number of hydrogen-bond acceptors (Lipinski definition) is 3. The maximum atomic E-state index is 11.1. The lowest BCUT2D eigenvalue weighted by Crippen LogP contribution is -2.01. The Bertz CT molecular complexity index is 557. The fraction of sp³-hybridized carbons (Fsp3) is 0. The van der Waals surface area contributed by atoms with Gasteiger partial charge in [0.05, 0.1) is 4.47 Å². The summed E-state index contributed by atoms with van der Waals surface area (Å²) in [5.74, 6) is 0.0393. The summed E-state index contributed by atoms with van der Waals surface area (Å²) in [7, 11) is 0. The smallest absolute Gasteiger partial charge is 0.339 e. The zero-order chi connectivity index (χ0) is 10.3. The van der Waals surface area contributed by atoms with Crippen LogP contribution in [0.5, 0.6) is 5.75 Å². The van der Waals surface area contributed by atoms with Gasteiger partial charge in [0, 0.05) is 17.0 Å². The van der Waals surface area contributed by atoms with Crippen molar-refractivity contribution in [3.8, 4) is 5.75 Å². The van der Waals surface area contributed by atoms with E-state index in [1.807, 2.05) is 0 Å². The van der Waals surface area contributed by atoms with Gasteiger partial charge in [0.15, 0.2) is 0 Å². The van der Waals surface area contributed by atoms with Crippen LogP contribution in [0.2, 0.25) is 0 Å². The number of aromatic hydroxyl groups is 1. The Morgan fingerprint density at radius 1 is 1.36 bits per heavy atom. The first kappa shape index (κ1) is 9.27. The fourth-order valence-electron chi connectivity index (χ4n) is 1.17. The number of halogens is 1. The van der Waals surface area contributed by atoms with E-state index in [1.54, 1.807) is 12.1 Å². The summed E-state index contributed by atoms with van der Waals surface area (Å²) in [6.45, 7) is 3.54. The van der Waals surface area contributed by atoms with Crippen LogP contribution >= 0.6 is 15.9 Å². The van der Waals surface area contributed by atoms with Gasteiger partial charge in [-0.2, -0.15) is 0 Å². The van der Waals surface area contributed by atoms with Crippen LogP contribution in [0.15, 0.2) is 31.9 Å². The Morgan fingerprint density at radius 3 is 2.79 bits per heavy atom. The summed E-state index contributed by atoms with van der Waals surface area (Å²) >= 11 is 3.17. The van der Waals surface area contributed by atoms with Gasteiger partial charge in [-0.05, 0) is 35.0 Å². The molecule has 0 spiro atoms. The van der Waals surface area contributed by atoms with Gasteiger partial charge in [0.2, 0.25) is 0 Å². The molecule has 0 aliphatic rings. The molecule has 0 aliphatic carbocycles. The Morgan fingerprint density at radius 2 is 2.07 bits per heavy atom. The Hall–Kier alpha value is -1.29. The van der Waals surface area contributed by atoms with Crippen LogP contribution in [0.4, 0.5) is 0 Å². The van der Waals surface area contributed by atoms with E-state index in [9.17, 15) is 9.90 Å². The fourth-order valence-corrected chi connectivity index (χ4v) is 1.53. The molecule has 2 rings (SSSR count). The molecule has 0 aliphatic heterocycles. The van der Waals surface area contributed by atoms with Crippen molar-refractivity contribution in [1.82, 2.24) is 0 Å². The van der Waals surface area contributed by atoms with Gasteiger partial charge in [-0.1, -0.05) is 0 Å². The van der Waals surface area contributed by atoms with Crippen molar-refractivity contribution in [2.75, 3.05) is 0 Å². The molecule has 0 bridgehead atoms. The zero-order valence-electron chi connectivity index (χ0n) is 7.08. The predicted octanol–water partition coefficient (Wildman–Crippen LogP) is 2.44. The van der Waals surface area contributed by atoms with Crippen molar-refractivity contribution in [2.45, 2.75) is 0 Å². The van der Waals surface area contributed by atoms with Crippen molar-refractivity contribution in [1.29, 1.82) is 0 Å². The van der Waals surface area contributed by atoms with Crippen molar-refractivity contribution < 1.29 is 9.52 Å². The summed E-state index contributed by atoms with van der Waals surface area (Å²) in [5.41, 5.74) is 0.164. The molecular weight excluding hydrogens is 248 g/mol. The normalized spacial score (nSPS) is 10.7. The van der Waals surface area contributed by atoms with E-state index in [0.717, 1.165) is 5.39 Å². The van der Waals surface area contributed by atoms with Crippen LogP contribution in [-0.4, -0.2) is 5.11 Å². The highest BCUT2D eigenvalue weighted by Crippen LogP contribution is 2.28. The molecule has 1 heterocycles. The summed E-state index contributed by atoms with van der Waals surface area (Å²) < 4.78 is 5.48. The number of hydrogen-bond donors (Lipinski definition) is 1. The predicted molar refractivity (Wildman–Crippen MR) is 56.3 cm³/mol. The number of fused-ring (bicyclic) bond motifs is 1. The third kappa shape index (κ3) is 1.42. The lowest BCUT2D eigenvalue weighted by molar-refractivity contribution is 0.469. The van der Waals surface area contributed by atoms with Crippen LogP contribution in [-0.2, 0) is 0 Å². The molecule has 1 N–H and O–H groups in total. The number of benzene rings is 1. The minimum absolute atomic E-state index is 0.0393. The van der Waals surface area contributed by atoms with Gasteiger partial charge in [0.25, 0.3) is 0 Å². The number of phenols is 1. The van der Waals surface area contributed by atoms with E-state index in [4.69, 9.17) is 4.42 Å². The maximum Gasteiger partial charge on any atom is 0.339 e. The molecule has 0 saturated heterocycles. The number of rotatable bonds is 0. The molecule has 1 aromatic carbocycles. The quantitative estimate of drug-likeness (QED) is 0.734. The molecule has 1 aromatic heterocycles. The molecule has 4 heteroatoms. The molecule has 71 valence electrons. The average molecular weight is 254 g/mol. The van der Waals surface area contributed by atoms with Gasteiger partial charge < -0.3 is 9.52 Å². The van der Waals surface area contributed by atoms with Gasteiger partial charge in [-0.3, -0.25) is 0 Å². The van der Waals surface area contributed by atoms with Crippen molar-refractivity contribution in [3.05, 3.63) is 45.6 Å². The SMILES string of the molecule is [CH2]c1cc2cc(Br)c(O)cc2oc1=O. The molecule has 2 aromatic rings. The molecule has 0 amide bonds. The first-order chi connectivity index (χ1) is 6.58. The van der Waals surface area contributed by atoms with E-state index >= 15 is 0 Å². The standard InChI is InChI=1S/C10H6BrO3/c1-5-2-6-3-7(11)8(12)4-9(6)14-10(5)13/h2-4,12H,1H2. The first-order valence-electron chi connectivity index (χ1n) is 3.86. The van der Waals surface area contributed by atoms with Crippen molar-refractivity contribution in [2.24, 2.45) is 0 Å². The van der Waals surface area contributed by atoms with Gasteiger partial charge >= 0.3 is 5.63 Å². The zero-order valence-corrected chi connectivity index (χ0v) is 8.67. The highest BCUT2D eigenvalue weighted by Gasteiger charge is 2.05. The Labute approximate surface area is 88.1 Å². The highest BCUT2D eigenvalue weighted by atomic mass is 79.9. The topological polar surface area (TPSA) is 50.4 Å². The lowest BCUT2D eigenvalue weighted by Gasteiger charge is -2.00. The molecule has 0 atom stereocenters. The van der Waals surface area contributed by atoms with E-state index in [0.29, 0.717) is 15.6 Å². The van der Waals surface area contributed by atoms with Crippen LogP contribution in [0, 0.1) is 6.92 Å². The number of phenolic OH excluding ortho intramolecular Hbond substituents is 1. The van der Waals surface area contributed by atoms with Gasteiger partial charge in [-0.25, -0.2) is 4.79 Å². The first-order valence-corrected chi connectivity index (χ1v) is 4.65. The molecule has 14 heavy (non-hydrogen) atoms. The molecule has 0 fully saturated rings. The van der Waals surface area contributed by atoms with E-state index in [2.05, 4.69) is 22.9 Å². The average Bonchev–Trinajstić information content (AvgIpc) is 2.11. The van der Waals surface area contributed by atoms with Gasteiger partial charge in [-0.15, -0.1) is 0 Å². The second-order valence-corrected chi connectivity index (χ2v) is 3.75. The molecule has 0 unspecified atom stereocenters. The molecule has 1 radical (unpaired) electrons. The second kappa shape index (κ2) is 3.13. The Kier molecular flexibility index (Phi) is 2.07. The van der Waals surface area contributed by atoms with Crippen molar-refractivity contribution in [3.63, 3.8) is 0 Å². The summed E-state index contributed by atoms with van der Waals surface area (Å²) in [6.07, 6.45) is 0. The highest BCUT2D eigenvalue weighted by molar-refractivity contribution is 9.10. The maximum absolute atomic E-state index is 11.1. The lowest BCUT2D eigenvalue weighted by atomic mass is 10.2. The minimum atomic E-state index is -0.487. The third-order valence-electron chi connectivity index (χ3n) is 1.87. The van der Waals surface area contributed by atoms with Crippen LogP contribution in [0.3, 0.4) is 0 Å². The van der Waals surface area contributed by atoms with Gasteiger partial charge in [0.1, 0.15) is 11.3 Å². The van der Waals surface area contributed by atoms with Crippen LogP contribution in [0.25, 0.3) is 11.0 Å². The summed E-state index contributed by atoms with van der Waals surface area (Å²) in [6, 6.07) is 4.67. The van der Waals surface area contributed by atoms with E-state index < -0.39 is 5.63 Å². The molecule has 0 saturated carbocycles. The van der Waals surface area contributed by atoms with E-state index in [1.165, 1.54) is 6.07 Å². The third-order valence-corrected chi connectivity index (χ3v) is 2.51. The second-order valence-electron chi connectivity index (χ2n) is 2.90. The summed E-state index contributed by atoms with van der Waals surface area (Å²) in [5, 5.41) is 10.1.